The highest BCUT2D eigenvalue weighted by Gasteiger charge is 2.20. The molecule has 0 aliphatic heterocycles. The average molecular weight is 290 g/mol. The molecule has 0 aromatic carbocycles. The molecule has 5 nitrogen and oxygen atoms in total. The van der Waals surface area contributed by atoms with E-state index in [0.717, 1.165) is 4.88 Å². The van der Waals surface area contributed by atoms with Crippen LogP contribution in [0.3, 0.4) is 0 Å². The van der Waals surface area contributed by atoms with Crippen LogP contribution in [0.4, 0.5) is 5.13 Å². The van der Waals surface area contributed by atoms with E-state index in [4.69, 9.17) is 5.11 Å². The summed E-state index contributed by atoms with van der Waals surface area (Å²) in [6, 6.07) is 1.47. The van der Waals surface area contributed by atoms with Crippen molar-refractivity contribution in [2.24, 2.45) is 0 Å². The zero-order valence-electron chi connectivity index (χ0n) is 8.87. The summed E-state index contributed by atoms with van der Waals surface area (Å²) in [4.78, 5) is 5.39. The van der Waals surface area contributed by atoms with Gasteiger partial charge >= 0.3 is 0 Å². The van der Waals surface area contributed by atoms with E-state index < -0.39 is 10.0 Å². The lowest BCUT2D eigenvalue weighted by molar-refractivity contribution is 0.282. The number of thiophene rings is 1. The molecular formula is C9H10N2O3S3. The number of thiazole rings is 1. The van der Waals surface area contributed by atoms with E-state index in [1.54, 1.807) is 11.6 Å². The van der Waals surface area contributed by atoms with Gasteiger partial charge in [-0.25, -0.2) is 13.4 Å². The summed E-state index contributed by atoms with van der Waals surface area (Å²) in [5, 5.41) is 11.0. The Bertz CT molecular complexity index is 615. The summed E-state index contributed by atoms with van der Waals surface area (Å²) < 4.78 is 26.4. The molecule has 0 aliphatic carbocycles. The van der Waals surface area contributed by atoms with Crippen molar-refractivity contribution in [1.29, 1.82) is 0 Å². The third-order valence-electron chi connectivity index (χ3n) is 1.98. The highest BCUT2D eigenvalue weighted by Crippen LogP contribution is 2.25. The molecule has 2 heterocycles. The molecular weight excluding hydrogens is 280 g/mol. The molecule has 0 aliphatic rings. The Morgan fingerprint density at radius 3 is 2.88 bits per heavy atom. The van der Waals surface area contributed by atoms with Crippen LogP contribution in [0.25, 0.3) is 0 Å². The van der Waals surface area contributed by atoms with Gasteiger partial charge in [0.05, 0.1) is 11.5 Å². The maximum absolute atomic E-state index is 12.0. The standard InChI is InChI=1S/C9H10N2O3S3/c1-6-4-10-9(16-6)11-17(13,14)8-2-3-15-7(8)5-12/h2-4,12H,5H2,1H3,(H,10,11). The second kappa shape index (κ2) is 4.73. The van der Waals surface area contributed by atoms with Gasteiger partial charge in [-0.15, -0.1) is 22.7 Å². The lowest BCUT2D eigenvalue weighted by atomic mass is 10.5. The molecule has 17 heavy (non-hydrogen) atoms. The van der Waals surface area contributed by atoms with Crippen LogP contribution in [-0.4, -0.2) is 18.5 Å². The molecule has 0 fully saturated rings. The van der Waals surface area contributed by atoms with Crippen molar-refractivity contribution in [3.05, 3.63) is 27.4 Å². The van der Waals surface area contributed by atoms with Crippen LogP contribution >= 0.6 is 22.7 Å². The van der Waals surface area contributed by atoms with Gasteiger partial charge in [0.15, 0.2) is 5.13 Å². The van der Waals surface area contributed by atoms with Crippen molar-refractivity contribution >= 4 is 37.8 Å². The van der Waals surface area contributed by atoms with Crippen LogP contribution in [0, 0.1) is 6.92 Å². The second-order valence-corrected chi connectivity index (χ2v) is 7.13. The van der Waals surface area contributed by atoms with Gasteiger partial charge in [0.2, 0.25) is 0 Å². The minimum atomic E-state index is -3.65. The molecule has 2 aromatic heterocycles. The highest BCUT2D eigenvalue weighted by atomic mass is 32.2. The molecule has 0 bridgehead atoms. The first-order chi connectivity index (χ1) is 8.03. The zero-order valence-corrected chi connectivity index (χ0v) is 11.3. The maximum Gasteiger partial charge on any atom is 0.264 e. The molecule has 8 heteroatoms. The van der Waals surface area contributed by atoms with Crippen LogP contribution in [-0.2, 0) is 16.6 Å². The Morgan fingerprint density at radius 1 is 1.53 bits per heavy atom. The average Bonchev–Trinajstić information content (AvgIpc) is 2.86. The number of hydrogen-bond donors (Lipinski definition) is 2. The molecule has 2 rings (SSSR count). The number of hydrogen-bond acceptors (Lipinski definition) is 6. The summed E-state index contributed by atoms with van der Waals surface area (Å²) in [5.74, 6) is 0. The van der Waals surface area contributed by atoms with Gasteiger partial charge in [-0.05, 0) is 18.4 Å². The van der Waals surface area contributed by atoms with Gasteiger partial charge in [-0.2, -0.15) is 0 Å². The van der Waals surface area contributed by atoms with Crippen molar-refractivity contribution < 1.29 is 13.5 Å². The predicted octanol–water partition coefficient (Wildman–Crippen LogP) is 1.81. The first kappa shape index (κ1) is 12.5. The highest BCUT2D eigenvalue weighted by molar-refractivity contribution is 7.93. The van der Waals surface area contributed by atoms with Gasteiger partial charge in [-0.3, -0.25) is 4.72 Å². The van der Waals surface area contributed by atoms with Crippen molar-refractivity contribution in [2.45, 2.75) is 18.4 Å². The Morgan fingerprint density at radius 2 is 2.29 bits per heavy atom. The Balaban J connectivity index is 2.31. The van der Waals surface area contributed by atoms with Crippen LogP contribution in [0.1, 0.15) is 9.75 Å². The first-order valence-electron chi connectivity index (χ1n) is 4.65. The topological polar surface area (TPSA) is 79.3 Å². The monoisotopic (exact) mass is 290 g/mol. The van der Waals surface area contributed by atoms with Gasteiger partial charge in [0, 0.05) is 11.1 Å². The van der Waals surface area contributed by atoms with Gasteiger partial charge in [-0.1, -0.05) is 0 Å². The number of aliphatic hydroxyl groups is 1. The van der Waals surface area contributed by atoms with E-state index >= 15 is 0 Å². The number of aryl methyl sites for hydroxylation is 1. The summed E-state index contributed by atoms with van der Waals surface area (Å²) in [6.07, 6.45) is 1.60. The third-order valence-corrected chi connectivity index (χ3v) is 5.40. The van der Waals surface area contributed by atoms with E-state index in [0.29, 0.717) is 10.0 Å². The molecule has 0 spiro atoms. The largest absolute Gasteiger partial charge is 0.391 e. The number of rotatable bonds is 4. The summed E-state index contributed by atoms with van der Waals surface area (Å²) in [5.41, 5.74) is 0. The van der Waals surface area contributed by atoms with Crippen LogP contribution < -0.4 is 4.72 Å². The number of sulfonamides is 1. The predicted molar refractivity (Wildman–Crippen MR) is 67.9 cm³/mol. The van der Waals surface area contributed by atoms with Gasteiger partial charge in [0.25, 0.3) is 10.0 Å². The Hall–Kier alpha value is -0.960. The third kappa shape index (κ3) is 2.65. The molecule has 0 saturated carbocycles. The summed E-state index contributed by atoms with van der Waals surface area (Å²) >= 11 is 2.47. The van der Waals surface area contributed by atoms with E-state index in [1.807, 2.05) is 6.92 Å². The lowest BCUT2D eigenvalue weighted by Gasteiger charge is -2.04. The normalized spacial score (nSPS) is 11.6. The summed E-state index contributed by atoms with van der Waals surface area (Å²) in [6.45, 7) is 1.56. The van der Waals surface area contributed by atoms with E-state index in [-0.39, 0.29) is 11.5 Å². The van der Waals surface area contributed by atoms with E-state index in [2.05, 4.69) is 9.71 Å². The minimum Gasteiger partial charge on any atom is -0.391 e. The number of aromatic nitrogens is 1. The lowest BCUT2D eigenvalue weighted by Crippen LogP contribution is -2.13. The molecule has 0 radical (unpaired) electrons. The quantitative estimate of drug-likeness (QED) is 0.900. The van der Waals surface area contributed by atoms with Crippen LogP contribution in [0.15, 0.2) is 22.5 Å². The SMILES string of the molecule is Cc1cnc(NS(=O)(=O)c2ccsc2CO)s1. The fourth-order valence-corrected chi connectivity index (χ4v) is 4.46. The first-order valence-corrected chi connectivity index (χ1v) is 7.83. The van der Waals surface area contributed by atoms with Crippen LogP contribution in [0.5, 0.6) is 0 Å². The molecule has 0 amide bonds. The molecule has 0 atom stereocenters. The number of aliphatic hydroxyl groups excluding tert-OH is 1. The fraction of sp³-hybridized carbons (Fsp3) is 0.222. The Labute approximate surface area is 107 Å². The van der Waals surface area contributed by atoms with Crippen molar-refractivity contribution in [1.82, 2.24) is 4.98 Å². The van der Waals surface area contributed by atoms with Gasteiger partial charge < -0.3 is 5.11 Å². The number of nitrogens with one attached hydrogen (secondary N) is 1. The molecule has 2 N–H and O–H groups in total. The number of nitrogens with zero attached hydrogens (tertiary/aromatic N) is 1. The van der Waals surface area contributed by atoms with Crippen LogP contribution in [0.2, 0.25) is 0 Å². The maximum atomic E-state index is 12.0. The van der Waals surface area contributed by atoms with Crippen molar-refractivity contribution in [2.75, 3.05) is 4.72 Å². The smallest absolute Gasteiger partial charge is 0.264 e. The molecule has 92 valence electrons. The number of anilines is 1. The van der Waals surface area contributed by atoms with E-state index in [1.165, 1.54) is 28.7 Å². The fourth-order valence-electron chi connectivity index (χ4n) is 1.26. The molecule has 0 unspecified atom stereocenters. The Kier molecular flexibility index (Phi) is 3.48. The van der Waals surface area contributed by atoms with E-state index in [9.17, 15) is 8.42 Å². The molecule has 2 aromatic rings. The second-order valence-electron chi connectivity index (χ2n) is 3.25. The minimum absolute atomic E-state index is 0.109. The summed E-state index contributed by atoms with van der Waals surface area (Å²) in [7, 11) is -3.65. The van der Waals surface area contributed by atoms with Crippen molar-refractivity contribution in [3.8, 4) is 0 Å². The van der Waals surface area contributed by atoms with Gasteiger partial charge in [0.1, 0.15) is 4.90 Å². The van der Waals surface area contributed by atoms with Crippen molar-refractivity contribution in [3.63, 3.8) is 0 Å². The molecule has 0 saturated heterocycles. The zero-order chi connectivity index (χ0) is 12.5.